The zero-order valence-electron chi connectivity index (χ0n) is 10.7. The summed E-state index contributed by atoms with van der Waals surface area (Å²) in [5.41, 5.74) is 0.332. The molecule has 0 bridgehead atoms. The molecule has 1 saturated heterocycles. The first kappa shape index (κ1) is 14.2. The molecule has 2 rings (SSSR count). The van der Waals surface area contributed by atoms with E-state index in [4.69, 9.17) is 0 Å². The van der Waals surface area contributed by atoms with Crippen molar-refractivity contribution in [2.75, 3.05) is 6.54 Å². The minimum atomic E-state index is -0.423. The zero-order chi connectivity index (χ0) is 14.0. The lowest BCUT2D eigenvalue weighted by molar-refractivity contribution is -0.125. The van der Waals surface area contributed by atoms with E-state index in [1.54, 1.807) is 0 Å². The second-order valence-electron chi connectivity index (χ2n) is 4.80. The minimum absolute atomic E-state index is 0.135. The summed E-state index contributed by atoms with van der Waals surface area (Å²) < 4.78 is 13.4. The fourth-order valence-corrected chi connectivity index (χ4v) is 2.74. The molecule has 3 nitrogen and oxygen atoms in total. The number of rotatable bonds is 3. The molecule has 102 valence electrons. The molecule has 0 N–H and O–H groups in total. The van der Waals surface area contributed by atoms with Gasteiger partial charge in [-0.05, 0) is 46.5 Å². The Labute approximate surface area is 119 Å². The van der Waals surface area contributed by atoms with Crippen LogP contribution in [0.4, 0.5) is 4.39 Å². The second-order valence-corrected chi connectivity index (χ2v) is 5.65. The normalized spacial score (nSPS) is 19.0. The van der Waals surface area contributed by atoms with Crippen molar-refractivity contribution in [1.29, 1.82) is 0 Å². The lowest BCUT2D eigenvalue weighted by atomic mass is 10.0. The number of nitrogens with zero attached hydrogens (tertiary/aromatic N) is 1. The molecule has 1 aliphatic heterocycles. The lowest BCUT2D eigenvalue weighted by Crippen LogP contribution is -2.32. The highest BCUT2D eigenvalue weighted by atomic mass is 79.9. The number of carbonyl (C=O) groups is 2. The number of hydrogen-bond donors (Lipinski definition) is 0. The summed E-state index contributed by atoms with van der Waals surface area (Å²) in [6.45, 7) is 2.53. The number of benzene rings is 1. The second kappa shape index (κ2) is 5.82. The van der Waals surface area contributed by atoms with E-state index in [1.807, 2.05) is 0 Å². The van der Waals surface area contributed by atoms with Crippen molar-refractivity contribution >= 4 is 27.7 Å². The first-order valence-corrected chi connectivity index (χ1v) is 7.12. The average molecular weight is 328 g/mol. The summed E-state index contributed by atoms with van der Waals surface area (Å²) in [6, 6.07) is 4.04. The molecular formula is C14H15BrFNO2. The Kier molecular flexibility index (Phi) is 4.34. The number of hydrogen-bond acceptors (Lipinski definition) is 2. The van der Waals surface area contributed by atoms with E-state index in [0.717, 1.165) is 12.8 Å². The van der Waals surface area contributed by atoms with Crippen molar-refractivity contribution < 1.29 is 14.0 Å². The molecule has 1 aliphatic rings. The lowest BCUT2D eigenvalue weighted by Gasteiger charge is -2.15. The number of amides is 2. The van der Waals surface area contributed by atoms with Crippen LogP contribution in [0.3, 0.4) is 0 Å². The van der Waals surface area contributed by atoms with Crippen LogP contribution in [-0.2, 0) is 4.79 Å². The number of likely N-dealkylation sites (tertiary alicyclic amines) is 1. The Morgan fingerprint density at radius 1 is 1.53 bits per heavy atom. The quantitative estimate of drug-likeness (QED) is 0.798. The van der Waals surface area contributed by atoms with Gasteiger partial charge in [-0.3, -0.25) is 14.5 Å². The highest BCUT2D eigenvalue weighted by molar-refractivity contribution is 9.10. The summed E-state index contributed by atoms with van der Waals surface area (Å²) >= 11 is 3.04. The van der Waals surface area contributed by atoms with Crippen LogP contribution >= 0.6 is 15.9 Å². The molecule has 1 unspecified atom stereocenters. The third-order valence-electron chi connectivity index (χ3n) is 3.31. The maximum Gasteiger partial charge on any atom is 0.260 e. The first-order valence-electron chi connectivity index (χ1n) is 6.32. The monoisotopic (exact) mass is 327 g/mol. The van der Waals surface area contributed by atoms with Gasteiger partial charge in [-0.15, -0.1) is 0 Å². The van der Waals surface area contributed by atoms with Crippen LogP contribution in [0.1, 0.15) is 36.5 Å². The van der Waals surface area contributed by atoms with Gasteiger partial charge in [0.1, 0.15) is 5.82 Å². The number of carbonyl (C=O) groups excluding carboxylic acids is 2. The maximum atomic E-state index is 13.1. The largest absolute Gasteiger partial charge is 0.278 e. The zero-order valence-corrected chi connectivity index (χ0v) is 12.2. The standard InChI is InChI=1S/C14H15BrFNO2/c1-2-3-9-6-13(18)17(8-9)14(19)10-4-5-12(16)11(15)7-10/h4-5,7,9H,2-3,6,8H2,1H3. The van der Waals surface area contributed by atoms with Gasteiger partial charge in [0.2, 0.25) is 5.91 Å². The van der Waals surface area contributed by atoms with Gasteiger partial charge < -0.3 is 0 Å². The van der Waals surface area contributed by atoms with E-state index in [9.17, 15) is 14.0 Å². The topological polar surface area (TPSA) is 37.4 Å². The van der Waals surface area contributed by atoms with Crippen molar-refractivity contribution in [1.82, 2.24) is 4.90 Å². The Balaban J connectivity index is 2.15. The van der Waals surface area contributed by atoms with Crippen molar-refractivity contribution in [2.24, 2.45) is 5.92 Å². The molecule has 1 heterocycles. The van der Waals surface area contributed by atoms with Gasteiger partial charge in [-0.2, -0.15) is 0 Å². The summed E-state index contributed by atoms with van der Waals surface area (Å²) in [5.74, 6) is -0.647. The average Bonchev–Trinajstić information content (AvgIpc) is 2.73. The molecule has 5 heteroatoms. The maximum absolute atomic E-state index is 13.1. The van der Waals surface area contributed by atoms with Gasteiger partial charge in [0.05, 0.1) is 4.47 Å². The molecule has 1 aromatic rings. The van der Waals surface area contributed by atoms with E-state index in [0.29, 0.717) is 18.5 Å². The van der Waals surface area contributed by atoms with E-state index < -0.39 is 5.82 Å². The van der Waals surface area contributed by atoms with Crippen LogP contribution in [0, 0.1) is 11.7 Å². The fraction of sp³-hybridized carbons (Fsp3) is 0.429. The molecule has 0 aromatic heterocycles. The van der Waals surface area contributed by atoms with Gasteiger partial charge in [-0.25, -0.2) is 4.39 Å². The molecule has 0 spiro atoms. The molecule has 2 amide bonds. The van der Waals surface area contributed by atoms with Crippen molar-refractivity contribution in [2.45, 2.75) is 26.2 Å². The minimum Gasteiger partial charge on any atom is -0.278 e. The molecule has 0 radical (unpaired) electrons. The van der Waals surface area contributed by atoms with Crippen LogP contribution in [0.15, 0.2) is 22.7 Å². The Bertz CT molecular complexity index is 518. The van der Waals surface area contributed by atoms with E-state index in [-0.39, 0.29) is 22.2 Å². The highest BCUT2D eigenvalue weighted by Gasteiger charge is 2.33. The summed E-state index contributed by atoms with van der Waals surface area (Å²) in [6.07, 6.45) is 2.38. The van der Waals surface area contributed by atoms with Crippen LogP contribution in [0.2, 0.25) is 0 Å². The molecule has 0 aliphatic carbocycles. The molecule has 0 saturated carbocycles. The first-order chi connectivity index (χ1) is 9.02. The van der Waals surface area contributed by atoms with Gasteiger partial charge >= 0.3 is 0 Å². The smallest absolute Gasteiger partial charge is 0.260 e. The summed E-state index contributed by atoms with van der Waals surface area (Å²) in [7, 11) is 0. The highest BCUT2D eigenvalue weighted by Crippen LogP contribution is 2.25. The van der Waals surface area contributed by atoms with Gasteiger partial charge in [0, 0.05) is 18.5 Å². The van der Waals surface area contributed by atoms with Crippen molar-refractivity contribution in [3.05, 3.63) is 34.1 Å². The fourth-order valence-electron chi connectivity index (χ4n) is 2.36. The van der Waals surface area contributed by atoms with Crippen molar-refractivity contribution in [3.8, 4) is 0 Å². The third kappa shape index (κ3) is 3.03. The van der Waals surface area contributed by atoms with E-state index in [2.05, 4.69) is 22.9 Å². The molecule has 1 atom stereocenters. The van der Waals surface area contributed by atoms with E-state index in [1.165, 1.54) is 23.1 Å². The predicted molar refractivity (Wildman–Crippen MR) is 73.2 cm³/mol. The molecule has 19 heavy (non-hydrogen) atoms. The summed E-state index contributed by atoms with van der Waals surface area (Å²) in [4.78, 5) is 25.4. The van der Waals surface area contributed by atoms with Crippen LogP contribution in [0.25, 0.3) is 0 Å². The van der Waals surface area contributed by atoms with Gasteiger partial charge in [0.25, 0.3) is 5.91 Å². The molecule has 1 aromatic carbocycles. The van der Waals surface area contributed by atoms with E-state index >= 15 is 0 Å². The van der Waals surface area contributed by atoms with Crippen molar-refractivity contribution in [3.63, 3.8) is 0 Å². The summed E-state index contributed by atoms with van der Waals surface area (Å²) in [5, 5.41) is 0. The third-order valence-corrected chi connectivity index (χ3v) is 3.92. The number of halogens is 2. The van der Waals surface area contributed by atoms with Crippen LogP contribution in [0.5, 0.6) is 0 Å². The van der Waals surface area contributed by atoms with Crippen LogP contribution < -0.4 is 0 Å². The van der Waals surface area contributed by atoms with Gasteiger partial charge in [0.15, 0.2) is 0 Å². The molecular weight excluding hydrogens is 313 g/mol. The SMILES string of the molecule is CCCC1CC(=O)N(C(=O)c2ccc(F)c(Br)c2)C1. The number of imide groups is 1. The predicted octanol–water partition coefficient (Wildman–Crippen LogP) is 3.38. The Morgan fingerprint density at radius 3 is 2.89 bits per heavy atom. The van der Waals surface area contributed by atoms with Gasteiger partial charge in [-0.1, -0.05) is 13.3 Å². The Hall–Kier alpha value is -1.23. The van der Waals surface area contributed by atoms with Crippen LogP contribution in [-0.4, -0.2) is 23.3 Å². The Morgan fingerprint density at radius 2 is 2.26 bits per heavy atom. The molecule has 1 fully saturated rings.